The van der Waals surface area contributed by atoms with Crippen LogP contribution in [0.3, 0.4) is 0 Å². The number of fused-ring (bicyclic) bond motifs is 5. The summed E-state index contributed by atoms with van der Waals surface area (Å²) in [5.74, 6) is 0. The molecule has 9 aromatic carbocycles. The summed E-state index contributed by atoms with van der Waals surface area (Å²) in [4.78, 5) is 10.2. The van der Waals surface area contributed by atoms with Gasteiger partial charge in [0.05, 0.1) is 23.3 Å². The van der Waals surface area contributed by atoms with Gasteiger partial charge in [-0.2, -0.15) is 0 Å². The topological polar surface area (TPSA) is 25.8 Å². The Morgan fingerprint density at radius 2 is 0.780 bits per heavy atom. The van der Waals surface area contributed by atoms with Gasteiger partial charge in [0.1, 0.15) is 0 Å². The highest BCUT2D eigenvalue weighted by Gasteiger charge is 2.16. The average molecular weight is 635 g/mol. The smallest absolute Gasteiger partial charge is 0.0972 e. The molecule has 0 aliphatic carbocycles. The van der Waals surface area contributed by atoms with Gasteiger partial charge in [0.25, 0.3) is 0 Å². The van der Waals surface area contributed by atoms with Crippen molar-refractivity contribution in [3.63, 3.8) is 0 Å². The molecular formula is C48H30N2. The van der Waals surface area contributed by atoms with Gasteiger partial charge in [-0.25, -0.2) is 4.98 Å². The van der Waals surface area contributed by atoms with Crippen LogP contribution in [-0.4, -0.2) is 9.97 Å². The van der Waals surface area contributed by atoms with Gasteiger partial charge in [-0.05, 0) is 65.0 Å². The standard InChI is InChI=1S/C48H30N2/c1-3-12-35(13-4-1)47-48(36-14-5-2-6-15-36)50-43(30-49-47)32-26-24-31(25-27-32)37-20-11-23-42-41-22-10-17-34-29-28-33-16-9-21-39(44(33)45(34)41)38-18-7-8-19-40(38)46(37)42/h1-30H. The molecule has 10 rings (SSSR count). The third-order valence-electron chi connectivity index (χ3n) is 10.1. The molecule has 1 heterocycles. The number of benzene rings is 8. The molecule has 232 valence electrons. The van der Waals surface area contributed by atoms with E-state index in [-0.39, 0.29) is 0 Å². The van der Waals surface area contributed by atoms with Crippen molar-refractivity contribution in [1.29, 1.82) is 0 Å². The molecule has 0 amide bonds. The fourth-order valence-electron chi connectivity index (χ4n) is 7.80. The maximum absolute atomic E-state index is 5.21. The van der Waals surface area contributed by atoms with E-state index in [1.165, 1.54) is 59.4 Å². The lowest BCUT2D eigenvalue weighted by Crippen LogP contribution is -1.96. The van der Waals surface area contributed by atoms with E-state index in [2.05, 4.69) is 152 Å². The molecule has 0 saturated carbocycles. The van der Waals surface area contributed by atoms with Gasteiger partial charge in [-0.3, -0.25) is 4.98 Å². The van der Waals surface area contributed by atoms with Crippen LogP contribution in [0.4, 0.5) is 0 Å². The third-order valence-corrected chi connectivity index (χ3v) is 10.1. The first kappa shape index (κ1) is 28.4. The minimum atomic E-state index is 0.847. The first-order valence-electron chi connectivity index (χ1n) is 17.1. The highest BCUT2D eigenvalue weighted by Crippen LogP contribution is 2.43. The van der Waals surface area contributed by atoms with Crippen molar-refractivity contribution in [3.05, 3.63) is 182 Å². The number of hydrogen-bond donors (Lipinski definition) is 0. The van der Waals surface area contributed by atoms with Crippen LogP contribution in [0.15, 0.2) is 182 Å². The Morgan fingerprint density at radius 3 is 1.44 bits per heavy atom. The van der Waals surface area contributed by atoms with Crippen LogP contribution in [0.2, 0.25) is 0 Å². The average Bonchev–Trinajstić information content (AvgIpc) is 3.20. The zero-order chi connectivity index (χ0) is 33.0. The Bertz CT molecular complexity index is 2890. The van der Waals surface area contributed by atoms with Crippen LogP contribution in [0, 0.1) is 0 Å². The summed E-state index contributed by atoms with van der Waals surface area (Å²) in [5.41, 5.74) is 8.11. The quantitative estimate of drug-likeness (QED) is 0.180. The second-order valence-corrected chi connectivity index (χ2v) is 12.9. The number of nitrogens with zero attached hydrogens (tertiary/aromatic N) is 2. The van der Waals surface area contributed by atoms with Crippen molar-refractivity contribution in [2.45, 2.75) is 0 Å². The summed E-state index contributed by atoms with van der Waals surface area (Å²) in [7, 11) is 0. The third kappa shape index (κ3) is 4.50. The first-order valence-corrected chi connectivity index (χ1v) is 17.1. The summed E-state index contributed by atoms with van der Waals surface area (Å²) < 4.78 is 0. The van der Waals surface area contributed by atoms with Crippen LogP contribution in [0.1, 0.15) is 0 Å². The predicted octanol–water partition coefficient (Wildman–Crippen LogP) is 12.9. The number of rotatable bonds is 4. The molecule has 0 bridgehead atoms. The van der Waals surface area contributed by atoms with Gasteiger partial charge in [-0.15, -0.1) is 0 Å². The van der Waals surface area contributed by atoms with Crippen molar-refractivity contribution in [3.8, 4) is 44.9 Å². The van der Waals surface area contributed by atoms with Crippen LogP contribution in [-0.2, 0) is 0 Å². The highest BCUT2D eigenvalue weighted by molar-refractivity contribution is 6.34. The summed E-state index contributed by atoms with van der Waals surface area (Å²) in [6.07, 6.45) is 1.90. The molecular weight excluding hydrogens is 605 g/mol. The summed E-state index contributed by atoms with van der Waals surface area (Å²) in [6, 6.07) is 63.1. The number of aromatic nitrogens is 2. The monoisotopic (exact) mass is 634 g/mol. The fraction of sp³-hybridized carbons (Fsp3) is 0. The fourth-order valence-corrected chi connectivity index (χ4v) is 7.80. The summed E-state index contributed by atoms with van der Waals surface area (Å²) >= 11 is 0. The Balaban J connectivity index is 1.19. The maximum atomic E-state index is 5.21. The first-order chi connectivity index (χ1) is 24.8. The van der Waals surface area contributed by atoms with E-state index in [4.69, 9.17) is 9.97 Å². The molecule has 2 heteroatoms. The van der Waals surface area contributed by atoms with Gasteiger partial charge in [0, 0.05) is 16.7 Å². The number of hydrogen-bond acceptors (Lipinski definition) is 2. The van der Waals surface area contributed by atoms with Crippen molar-refractivity contribution < 1.29 is 0 Å². The molecule has 0 radical (unpaired) electrons. The molecule has 0 aliphatic heterocycles. The second kappa shape index (κ2) is 11.5. The predicted molar refractivity (Wildman–Crippen MR) is 211 cm³/mol. The minimum absolute atomic E-state index is 0.847. The minimum Gasteiger partial charge on any atom is -0.252 e. The van der Waals surface area contributed by atoms with Gasteiger partial charge in [0.15, 0.2) is 0 Å². The lowest BCUT2D eigenvalue weighted by molar-refractivity contribution is 1.21. The molecule has 0 saturated heterocycles. The Morgan fingerprint density at radius 1 is 0.300 bits per heavy atom. The lowest BCUT2D eigenvalue weighted by atomic mass is 9.88. The van der Waals surface area contributed by atoms with Crippen LogP contribution in [0.25, 0.3) is 98.8 Å². The molecule has 0 spiro atoms. The lowest BCUT2D eigenvalue weighted by Gasteiger charge is -2.16. The van der Waals surface area contributed by atoms with Gasteiger partial charge >= 0.3 is 0 Å². The van der Waals surface area contributed by atoms with Crippen molar-refractivity contribution in [2.75, 3.05) is 0 Å². The van der Waals surface area contributed by atoms with E-state index < -0.39 is 0 Å². The van der Waals surface area contributed by atoms with Gasteiger partial charge in [0.2, 0.25) is 0 Å². The molecule has 2 nitrogen and oxygen atoms in total. The van der Waals surface area contributed by atoms with Crippen LogP contribution < -0.4 is 0 Å². The van der Waals surface area contributed by atoms with E-state index in [0.717, 1.165) is 39.3 Å². The largest absolute Gasteiger partial charge is 0.252 e. The highest BCUT2D eigenvalue weighted by atomic mass is 14.8. The normalized spacial score (nSPS) is 11.6. The molecule has 50 heavy (non-hydrogen) atoms. The van der Waals surface area contributed by atoms with Gasteiger partial charge in [-0.1, -0.05) is 176 Å². The molecule has 1 aromatic heterocycles. The van der Waals surface area contributed by atoms with E-state index in [0.29, 0.717) is 0 Å². The van der Waals surface area contributed by atoms with Crippen molar-refractivity contribution in [1.82, 2.24) is 9.97 Å². The molecule has 0 N–H and O–H groups in total. The molecule has 0 fully saturated rings. The zero-order valence-corrected chi connectivity index (χ0v) is 27.2. The zero-order valence-electron chi connectivity index (χ0n) is 27.2. The van der Waals surface area contributed by atoms with Crippen LogP contribution in [0.5, 0.6) is 0 Å². The van der Waals surface area contributed by atoms with Crippen LogP contribution >= 0.6 is 0 Å². The molecule has 0 atom stereocenters. The molecule has 0 aliphatic rings. The van der Waals surface area contributed by atoms with Crippen molar-refractivity contribution in [2.24, 2.45) is 0 Å². The SMILES string of the molecule is c1ccc(-c2ncc(-c3ccc(-c4cccc5c6cccc7ccc8cccc(c9ccccc9c45)c8c76)cc3)nc2-c2ccccc2)cc1. The second-order valence-electron chi connectivity index (χ2n) is 12.9. The van der Waals surface area contributed by atoms with Crippen molar-refractivity contribution >= 4 is 53.9 Å². The summed E-state index contributed by atoms with van der Waals surface area (Å²) in [5, 5.41) is 12.7. The summed E-state index contributed by atoms with van der Waals surface area (Å²) in [6.45, 7) is 0. The Labute approximate surface area is 290 Å². The maximum Gasteiger partial charge on any atom is 0.0972 e. The van der Waals surface area contributed by atoms with Gasteiger partial charge < -0.3 is 0 Å². The Kier molecular flexibility index (Phi) is 6.53. The Hall–Kier alpha value is -6.64. The van der Waals surface area contributed by atoms with E-state index in [1.807, 2.05) is 30.5 Å². The van der Waals surface area contributed by atoms with E-state index in [9.17, 15) is 0 Å². The molecule has 0 unspecified atom stereocenters. The molecule has 10 aromatic rings. The van der Waals surface area contributed by atoms with E-state index >= 15 is 0 Å². The van der Waals surface area contributed by atoms with E-state index in [1.54, 1.807) is 0 Å².